The summed E-state index contributed by atoms with van der Waals surface area (Å²) in [6, 6.07) is 0. The second kappa shape index (κ2) is 16.2. The van der Waals surface area contributed by atoms with Gasteiger partial charge in [-0.2, -0.15) is 0 Å². The van der Waals surface area contributed by atoms with Gasteiger partial charge in [0.15, 0.2) is 12.7 Å². The Labute approximate surface area is 315 Å². The normalized spacial score (nSPS) is 29.1. The van der Waals surface area contributed by atoms with Crippen LogP contribution >= 0.6 is 23.6 Å². The third kappa shape index (κ3) is 9.48. The van der Waals surface area contributed by atoms with Gasteiger partial charge in [0.2, 0.25) is 23.5 Å². The standard InChI is InChI=1S/C24H34FN10O19P3/c1-33-7-35(18-12(33)20(41)32-24(27)30-18)22-16(39)14(37)10(53-22)5-51-57(46,47)49-3-8(54-55(25,42)43)2-48-56(44,45)50-4-9-13(36)15(38)21(52-9)34-6-28-11-17(34)29-23(26)31-19(11)40/h6-10,13-16,21-22,36-39H,2-5H2,1H3,(H8-,26,27,29,30,31,32,40,41,42,43,44,45,46,47)/p+2/t8?,9?,10?,13-,14-,15-,16-,21-,22-/m1/s1. The van der Waals surface area contributed by atoms with Gasteiger partial charge in [-0.3, -0.25) is 56.6 Å². The Balaban J connectivity index is 1.02. The number of nitrogens with one attached hydrogen (secondary N) is 3. The molecule has 0 aromatic carbocycles. The molecule has 2 aliphatic heterocycles. The molecule has 33 heteroatoms. The molecule has 0 radical (unpaired) electrons. The zero-order valence-corrected chi connectivity index (χ0v) is 31.5. The SMILES string of the molecule is Cn1c[n+]([C@@H]2OC(COP(=O)(O)OCC(COP(=O)(O)OCC3O[C@@H]([n+]4c[nH]c5c(=O)[nH]c(N)nc54)[C@H](O)[C@@H]3O)OP(=O)(O)F)[C@@H](O)[C@H]2O)c2nc(N)[nH]c(=O)c21. The van der Waals surface area contributed by atoms with Gasteiger partial charge in [0.05, 0.1) is 33.5 Å². The maximum atomic E-state index is 13.6. The number of ether oxygens (including phenoxy) is 2. The Morgan fingerprint density at radius 1 is 0.825 bits per heavy atom. The molecular weight excluding hydrogens is 844 g/mol. The first-order valence-electron chi connectivity index (χ1n) is 16.1. The number of fused-ring (bicyclic) bond motifs is 2. The lowest BCUT2D eigenvalue weighted by Crippen LogP contribution is -2.46. The van der Waals surface area contributed by atoms with Gasteiger partial charge in [0, 0.05) is 0 Å². The van der Waals surface area contributed by atoms with Crippen LogP contribution in [-0.2, 0) is 52.8 Å². The number of hydrogen-bond acceptors (Lipinski definition) is 20. The molecule has 14 N–H and O–H groups in total. The van der Waals surface area contributed by atoms with Crippen molar-refractivity contribution in [3.63, 3.8) is 0 Å². The number of halogens is 1. The number of nitrogens with zero attached hydrogens (tertiary/aromatic N) is 5. The number of nitrogens with two attached hydrogens (primary N) is 2. The molecule has 6 heterocycles. The molecule has 2 fully saturated rings. The average Bonchev–Trinajstić information content (AvgIpc) is 3.83. The van der Waals surface area contributed by atoms with Crippen LogP contribution in [0.25, 0.3) is 22.3 Å². The number of phosphoric acid groups is 2. The summed E-state index contributed by atoms with van der Waals surface area (Å²) in [5.41, 5.74) is 9.74. The van der Waals surface area contributed by atoms with Gasteiger partial charge in [-0.15, -0.1) is 4.20 Å². The molecule has 2 saturated heterocycles. The summed E-state index contributed by atoms with van der Waals surface area (Å²) in [6.45, 7) is -4.51. The third-order valence-electron chi connectivity index (χ3n) is 8.45. The van der Waals surface area contributed by atoms with Crippen molar-refractivity contribution in [2.24, 2.45) is 7.05 Å². The van der Waals surface area contributed by atoms with E-state index in [4.69, 9.17) is 34.9 Å². The molecule has 29 nitrogen and oxygen atoms in total. The van der Waals surface area contributed by atoms with Gasteiger partial charge in [-0.25, -0.2) is 22.8 Å². The van der Waals surface area contributed by atoms with E-state index in [9.17, 15) is 57.7 Å². The molecule has 12 atom stereocenters. The number of nitrogen functional groups attached to an aromatic ring is 2. The number of phosphoric ester groups is 2. The highest BCUT2D eigenvalue weighted by Gasteiger charge is 2.49. The summed E-state index contributed by atoms with van der Waals surface area (Å²) in [6.07, 6.45) is -12.5. The van der Waals surface area contributed by atoms with Crippen LogP contribution in [0, 0.1) is 0 Å². The fourth-order valence-corrected chi connectivity index (χ4v) is 7.91. The lowest BCUT2D eigenvalue weighted by atomic mass is 10.1. The average molecular weight is 881 g/mol. The van der Waals surface area contributed by atoms with Crippen molar-refractivity contribution in [3.05, 3.63) is 33.4 Å². The van der Waals surface area contributed by atoms with Crippen LogP contribution in [0.5, 0.6) is 0 Å². The summed E-state index contributed by atoms with van der Waals surface area (Å²) in [5.74, 6) is -0.554. The number of aliphatic hydroxyl groups is 4. The second-order valence-corrected chi connectivity index (χ2v) is 16.5. The topological polar surface area (TPSA) is 429 Å². The Morgan fingerprint density at radius 3 is 1.84 bits per heavy atom. The number of aromatic amines is 3. The molecule has 0 aliphatic carbocycles. The van der Waals surface area contributed by atoms with E-state index in [1.165, 1.54) is 28.8 Å². The molecule has 0 bridgehead atoms. The number of aromatic nitrogens is 8. The van der Waals surface area contributed by atoms with Crippen LogP contribution in [0.4, 0.5) is 16.1 Å². The van der Waals surface area contributed by atoms with E-state index in [2.05, 4.69) is 38.5 Å². The Kier molecular flexibility index (Phi) is 12.2. The summed E-state index contributed by atoms with van der Waals surface area (Å²) >= 11 is 0. The zero-order chi connectivity index (χ0) is 41.8. The maximum absolute atomic E-state index is 13.6. The van der Waals surface area contributed by atoms with Crippen molar-refractivity contribution in [2.45, 2.75) is 55.2 Å². The molecule has 57 heavy (non-hydrogen) atoms. The Hall–Kier alpha value is -3.64. The highest BCUT2D eigenvalue weighted by molar-refractivity contribution is 7.48. The fraction of sp³-hybridized carbons (Fsp3) is 0.583. The van der Waals surface area contributed by atoms with Crippen LogP contribution in [0.2, 0.25) is 0 Å². The van der Waals surface area contributed by atoms with Crippen LogP contribution in [-0.4, -0.2) is 134 Å². The number of aliphatic hydroxyl groups excluding tert-OH is 4. The van der Waals surface area contributed by atoms with Crippen LogP contribution in [0.3, 0.4) is 0 Å². The largest absolute Gasteiger partial charge is 0.510 e. The predicted octanol–water partition coefficient (Wildman–Crippen LogP) is -4.77. The lowest BCUT2D eigenvalue weighted by molar-refractivity contribution is -0.746. The minimum Gasteiger partial charge on any atom is -0.387 e. The van der Waals surface area contributed by atoms with Crippen molar-refractivity contribution >= 4 is 57.8 Å². The smallest absolute Gasteiger partial charge is 0.387 e. The van der Waals surface area contributed by atoms with Crippen molar-refractivity contribution in [2.75, 3.05) is 37.9 Å². The quantitative estimate of drug-likeness (QED) is 0.0371. The van der Waals surface area contributed by atoms with E-state index < -0.39 is 116 Å². The van der Waals surface area contributed by atoms with Crippen molar-refractivity contribution in [3.8, 4) is 0 Å². The number of aryl methyl sites for hydroxylation is 1. The van der Waals surface area contributed by atoms with Gasteiger partial charge in [0.1, 0.15) is 42.7 Å². The minimum atomic E-state index is -5.92. The lowest BCUT2D eigenvalue weighted by Gasteiger charge is -2.22. The number of anilines is 2. The molecule has 4 aromatic rings. The molecule has 0 spiro atoms. The van der Waals surface area contributed by atoms with Crippen molar-refractivity contribution in [1.29, 1.82) is 0 Å². The van der Waals surface area contributed by atoms with Crippen LogP contribution < -0.4 is 31.7 Å². The molecular formula is C24H36FN10O19P3+2. The Morgan fingerprint density at radius 2 is 1.32 bits per heavy atom. The summed E-state index contributed by atoms with van der Waals surface area (Å²) in [7, 11) is -15.0. The predicted molar refractivity (Wildman–Crippen MR) is 178 cm³/mol. The minimum absolute atomic E-state index is 0.0225. The molecule has 0 saturated carbocycles. The summed E-state index contributed by atoms with van der Waals surface area (Å²) < 4.78 is 88.1. The summed E-state index contributed by atoms with van der Waals surface area (Å²) in [5, 5.41) is 42.3. The maximum Gasteiger partial charge on any atom is 0.510 e. The van der Waals surface area contributed by atoms with Gasteiger partial charge >= 0.3 is 34.8 Å². The molecule has 316 valence electrons. The molecule has 6 rings (SSSR count). The fourth-order valence-electron chi connectivity index (χ4n) is 5.89. The highest BCUT2D eigenvalue weighted by atomic mass is 31.2. The number of rotatable bonds is 16. The first-order chi connectivity index (χ1) is 26.5. The number of imidazole rings is 2. The van der Waals surface area contributed by atoms with E-state index in [0.717, 1.165) is 4.57 Å². The highest BCUT2D eigenvalue weighted by Crippen LogP contribution is 2.49. The molecule has 6 unspecified atom stereocenters. The Bertz CT molecular complexity index is 2390. The zero-order valence-electron chi connectivity index (χ0n) is 28.8. The van der Waals surface area contributed by atoms with Crippen molar-refractivity contribution < 1.29 is 94.2 Å². The van der Waals surface area contributed by atoms with E-state index in [0.29, 0.717) is 0 Å². The van der Waals surface area contributed by atoms with Gasteiger partial charge in [-0.05, 0) is 0 Å². The van der Waals surface area contributed by atoms with Crippen LogP contribution in [0.1, 0.15) is 12.5 Å². The summed E-state index contributed by atoms with van der Waals surface area (Å²) in [4.78, 5) is 69.1. The first kappa shape index (κ1) is 43.0. The van der Waals surface area contributed by atoms with Gasteiger partial charge < -0.3 is 51.2 Å². The van der Waals surface area contributed by atoms with Crippen LogP contribution in [0.15, 0.2) is 22.2 Å². The third-order valence-corrected chi connectivity index (χ3v) is 10.9. The molecule has 4 aromatic heterocycles. The van der Waals surface area contributed by atoms with Crippen molar-refractivity contribution in [1.82, 2.24) is 29.5 Å². The molecule has 0 amide bonds. The number of H-pyrrole nitrogens is 3. The monoisotopic (exact) mass is 880 g/mol. The second-order valence-electron chi connectivity index (χ2n) is 12.5. The van der Waals surface area contributed by atoms with E-state index in [1.807, 2.05) is 0 Å². The van der Waals surface area contributed by atoms with Gasteiger partial charge in [-0.1, -0.05) is 9.97 Å². The number of hydrogen-bond donors (Lipinski definition) is 12. The first-order valence-corrected chi connectivity index (χ1v) is 20.5. The van der Waals surface area contributed by atoms with E-state index in [1.54, 1.807) is 0 Å². The molecule has 2 aliphatic rings. The van der Waals surface area contributed by atoms with E-state index >= 15 is 0 Å². The van der Waals surface area contributed by atoms with E-state index in [-0.39, 0.29) is 34.2 Å². The van der Waals surface area contributed by atoms with Gasteiger partial charge in [0.25, 0.3) is 23.0 Å².